The van der Waals surface area contributed by atoms with Crippen LogP contribution in [0.15, 0.2) is 0 Å². The molecule has 1 saturated carbocycles. The Kier molecular flexibility index (Phi) is 4.48. The minimum atomic E-state index is 0.138. The van der Waals surface area contributed by atoms with Crippen molar-refractivity contribution in [2.75, 3.05) is 46.3 Å². The van der Waals surface area contributed by atoms with Crippen molar-refractivity contribution in [1.82, 2.24) is 14.7 Å². The molecule has 5 nitrogen and oxygen atoms in total. The minimum Gasteiger partial charge on any atom is -0.342 e. The summed E-state index contributed by atoms with van der Waals surface area (Å²) >= 11 is 0. The van der Waals surface area contributed by atoms with Crippen LogP contribution < -0.4 is 0 Å². The number of piperidine rings is 1. The molecule has 118 valence electrons. The highest BCUT2D eigenvalue weighted by Crippen LogP contribution is 2.30. The van der Waals surface area contributed by atoms with E-state index in [2.05, 4.69) is 11.9 Å². The van der Waals surface area contributed by atoms with Gasteiger partial charge in [-0.05, 0) is 32.7 Å². The van der Waals surface area contributed by atoms with E-state index < -0.39 is 0 Å². The van der Waals surface area contributed by atoms with Crippen LogP contribution in [0.5, 0.6) is 0 Å². The summed E-state index contributed by atoms with van der Waals surface area (Å²) < 4.78 is 0. The number of hydrogen-bond donors (Lipinski definition) is 0. The van der Waals surface area contributed by atoms with Crippen molar-refractivity contribution in [2.45, 2.75) is 32.1 Å². The third-order valence-electron chi connectivity index (χ3n) is 5.43. The highest BCUT2D eigenvalue weighted by atomic mass is 16.2. The van der Waals surface area contributed by atoms with E-state index in [1.807, 2.05) is 9.80 Å². The molecule has 2 saturated heterocycles. The first kappa shape index (κ1) is 14.8. The number of carbonyl (C=O) groups is 2. The Bertz CT molecular complexity index is 392. The van der Waals surface area contributed by atoms with Gasteiger partial charge < -0.3 is 14.7 Å². The number of likely N-dealkylation sites (tertiary alicyclic amines) is 1. The van der Waals surface area contributed by atoms with E-state index in [0.29, 0.717) is 11.8 Å². The molecule has 2 aliphatic heterocycles. The molecule has 0 N–H and O–H groups in total. The summed E-state index contributed by atoms with van der Waals surface area (Å²) in [7, 11) is 2.10. The summed E-state index contributed by atoms with van der Waals surface area (Å²) in [6.07, 6.45) is 5.04. The van der Waals surface area contributed by atoms with Gasteiger partial charge in [0.15, 0.2) is 0 Å². The fourth-order valence-electron chi connectivity index (χ4n) is 3.55. The van der Waals surface area contributed by atoms with E-state index in [9.17, 15) is 9.59 Å². The molecule has 3 fully saturated rings. The largest absolute Gasteiger partial charge is 0.342 e. The van der Waals surface area contributed by atoms with Gasteiger partial charge in [0.2, 0.25) is 11.8 Å². The van der Waals surface area contributed by atoms with E-state index in [1.165, 1.54) is 6.42 Å². The van der Waals surface area contributed by atoms with E-state index in [0.717, 1.165) is 65.0 Å². The van der Waals surface area contributed by atoms with Crippen LogP contribution in [-0.2, 0) is 9.59 Å². The summed E-state index contributed by atoms with van der Waals surface area (Å²) in [6, 6.07) is 0. The summed E-state index contributed by atoms with van der Waals surface area (Å²) in [6.45, 7) is 5.22. The SMILES string of the molecule is CN1CCN(C(=O)C2CCN(C(=O)C3CCC3)CC2)CC1. The van der Waals surface area contributed by atoms with E-state index >= 15 is 0 Å². The van der Waals surface area contributed by atoms with Gasteiger partial charge in [-0.25, -0.2) is 0 Å². The minimum absolute atomic E-state index is 0.138. The van der Waals surface area contributed by atoms with Crippen molar-refractivity contribution in [3.05, 3.63) is 0 Å². The van der Waals surface area contributed by atoms with Crippen molar-refractivity contribution >= 4 is 11.8 Å². The van der Waals surface area contributed by atoms with Crippen LogP contribution in [0.3, 0.4) is 0 Å². The van der Waals surface area contributed by atoms with Crippen LogP contribution in [0.25, 0.3) is 0 Å². The van der Waals surface area contributed by atoms with Gasteiger partial charge in [0, 0.05) is 51.1 Å². The Morgan fingerprint density at radius 2 is 1.19 bits per heavy atom. The van der Waals surface area contributed by atoms with Crippen molar-refractivity contribution < 1.29 is 9.59 Å². The number of hydrogen-bond acceptors (Lipinski definition) is 3. The molecule has 3 rings (SSSR count). The van der Waals surface area contributed by atoms with Crippen LogP contribution in [0, 0.1) is 11.8 Å². The molecule has 0 bridgehead atoms. The predicted octanol–water partition coefficient (Wildman–Crippen LogP) is 0.799. The molecule has 5 heteroatoms. The Labute approximate surface area is 127 Å². The lowest BCUT2D eigenvalue weighted by Crippen LogP contribution is -2.51. The lowest BCUT2D eigenvalue weighted by atomic mass is 9.83. The highest BCUT2D eigenvalue weighted by molar-refractivity contribution is 5.81. The maximum Gasteiger partial charge on any atom is 0.225 e. The normalized spacial score (nSPS) is 25.8. The maximum atomic E-state index is 12.5. The average Bonchev–Trinajstić information content (AvgIpc) is 2.46. The van der Waals surface area contributed by atoms with Gasteiger partial charge in [0.1, 0.15) is 0 Å². The number of amides is 2. The molecule has 3 aliphatic rings. The molecule has 0 aromatic carbocycles. The Hall–Kier alpha value is -1.10. The molecule has 0 atom stereocenters. The van der Waals surface area contributed by atoms with Crippen molar-refractivity contribution in [3.8, 4) is 0 Å². The third kappa shape index (κ3) is 3.23. The number of likely N-dealkylation sites (N-methyl/N-ethyl adjacent to an activating group) is 1. The molecule has 0 spiro atoms. The van der Waals surface area contributed by atoms with Gasteiger partial charge in [0.05, 0.1) is 0 Å². The van der Waals surface area contributed by atoms with Crippen molar-refractivity contribution in [1.29, 1.82) is 0 Å². The molecular formula is C16H27N3O2. The van der Waals surface area contributed by atoms with Gasteiger partial charge in [-0.3, -0.25) is 9.59 Å². The smallest absolute Gasteiger partial charge is 0.225 e. The van der Waals surface area contributed by atoms with Crippen LogP contribution in [-0.4, -0.2) is 72.8 Å². The molecule has 0 unspecified atom stereocenters. The second kappa shape index (κ2) is 6.34. The highest BCUT2D eigenvalue weighted by Gasteiger charge is 2.34. The van der Waals surface area contributed by atoms with Gasteiger partial charge in [0.25, 0.3) is 0 Å². The topological polar surface area (TPSA) is 43.9 Å². The monoisotopic (exact) mass is 293 g/mol. The zero-order chi connectivity index (χ0) is 14.8. The molecule has 2 heterocycles. The first-order chi connectivity index (χ1) is 10.1. The van der Waals surface area contributed by atoms with Crippen LogP contribution >= 0.6 is 0 Å². The summed E-state index contributed by atoms with van der Waals surface area (Å²) in [5, 5.41) is 0. The van der Waals surface area contributed by atoms with Crippen LogP contribution in [0.4, 0.5) is 0 Å². The molecule has 0 aromatic rings. The lowest BCUT2D eigenvalue weighted by Gasteiger charge is -2.39. The zero-order valence-corrected chi connectivity index (χ0v) is 13.1. The number of carbonyl (C=O) groups excluding carboxylic acids is 2. The molecule has 21 heavy (non-hydrogen) atoms. The molecule has 1 aliphatic carbocycles. The first-order valence-electron chi connectivity index (χ1n) is 8.41. The zero-order valence-electron chi connectivity index (χ0n) is 13.1. The van der Waals surface area contributed by atoms with E-state index in [-0.39, 0.29) is 11.8 Å². The standard InChI is InChI=1S/C16H27N3O2/c1-17-9-11-19(12-10-17)16(21)14-5-7-18(8-6-14)15(20)13-3-2-4-13/h13-14H,2-12H2,1H3. The second-order valence-corrected chi connectivity index (χ2v) is 6.86. The second-order valence-electron chi connectivity index (χ2n) is 6.86. The van der Waals surface area contributed by atoms with E-state index in [4.69, 9.17) is 0 Å². The Balaban J connectivity index is 1.46. The molecular weight excluding hydrogens is 266 g/mol. The Morgan fingerprint density at radius 3 is 1.67 bits per heavy atom. The summed E-state index contributed by atoms with van der Waals surface area (Å²) in [5.74, 6) is 1.08. The Morgan fingerprint density at radius 1 is 0.714 bits per heavy atom. The molecule has 0 aromatic heterocycles. The molecule has 0 radical (unpaired) electrons. The lowest BCUT2D eigenvalue weighted by molar-refractivity contribution is -0.144. The first-order valence-corrected chi connectivity index (χ1v) is 8.41. The molecule has 2 amide bonds. The van der Waals surface area contributed by atoms with Gasteiger partial charge >= 0.3 is 0 Å². The van der Waals surface area contributed by atoms with Crippen LogP contribution in [0.2, 0.25) is 0 Å². The van der Waals surface area contributed by atoms with Crippen molar-refractivity contribution in [3.63, 3.8) is 0 Å². The third-order valence-corrected chi connectivity index (χ3v) is 5.43. The number of rotatable bonds is 2. The van der Waals surface area contributed by atoms with Gasteiger partial charge in [-0.2, -0.15) is 0 Å². The van der Waals surface area contributed by atoms with Crippen LogP contribution in [0.1, 0.15) is 32.1 Å². The number of nitrogens with zero attached hydrogens (tertiary/aromatic N) is 3. The predicted molar refractivity (Wildman–Crippen MR) is 80.7 cm³/mol. The number of piperazine rings is 1. The maximum absolute atomic E-state index is 12.5. The van der Waals surface area contributed by atoms with Crippen molar-refractivity contribution in [2.24, 2.45) is 11.8 Å². The average molecular weight is 293 g/mol. The quantitative estimate of drug-likeness (QED) is 0.756. The fourth-order valence-corrected chi connectivity index (χ4v) is 3.55. The summed E-state index contributed by atoms with van der Waals surface area (Å²) in [5.41, 5.74) is 0. The fraction of sp³-hybridized carbons (Fsp3) is 0.875. The van der Waals surface area contributed by atoms with E-state index in [1.54, 1.807) is 0 Å². The van der Waals surface area contributed by atoms with Gasteiger partial charge in [-0.15, -0.1) is 0 Å². The van der Waals surface area contributed by atoms with Gasteiger partial charge in [-0.1, -0.05) is 6.42 Å². The summed E-state index contributed by atoms with van der Waals surface area (Å²) in [4.78, 5) is 31.0.